The van der Waals surface area contributed by atoms with E-state index in [1.165, 1.54) is 20.5 Å². The number of rotatable bonds is 19. The van der Waals surface area contributed by atoms with Gasteiger partial charge in [0.2, 0.25) is 18.9 Å². The number of hydrogen-bond acceptors (Lipinski definition) is 18. The van der Waals surface area contributed by atoms with Gasteiger partial charge in [-0.3, -0.25) is 18.2 Å². The second kappa shape index (κ2) is 18.8. The molecule has 1 aliphatic carbocycles. The zero-order valence-corrected chi connectivity index (χ0v) is 28.5. The SMILES string of the molecule is COCCOC(=O)OCOP(=O)(COC[C@H]1O[C@@H](n2cnc3c(NC4CCCC4)nc(Cl)nc32)[C@H](O)[C@@H]1C)OCOC(=O)OCCOC. The lowest BCUT2D eigenvalue weighted by atomic mass is 10.0. The van der Waals surface area contributed by atoms with Crippen molar-refractivity contribution in [1.29, 1.82) is 0 Å². The van der Waals surface area contributed by atoms with E-state index >= 15 is 0 Å². The summed E-state index contributed by atoms with van der Waals surface area (Å²) in [4.78, 5) is 36.6. The standard InChI is InChI=1S/C27H41ClN5O14P/c1-17-19(47-24(21(17)34)33-13-29-20-22(30-18-6-4-5-7-18)31-25(28)32-23(20)33)12-40-16-48(37,45-14-43-26(35)41-10-8-38-2)46-15-44-27(36)42-11-9-39-3/h13,17-19,21,24,34H,4-12,14-16H2,1-3H3,(H,30,31,32)/t17-,19-,21-,24-/m1/s1. The van der Waals surface area contributed by atoms with E-state index in [0.29, 0.717) is 17.0 Å². The quantitative estimate of drug-likeness (QED) is 0.0696. The van der Waals surface area contributed by atoms with Gasteiger partial charge in [-0.05, 0) is 24.4 Å². The van der Waals surface area contributed by atoms with Gasteiger partial charge in [0.05, 0.1) is 32.3 Å². The van der Waals surface area contributed by atoms with E-state index in [-0.39, 0.29) is 44.4 Å². The minimum absolute atomic E-state index is 0.0142. The number of nitrogens with zero attached hydrogens (tertiary/aromatic N) is 4. The molecule has 2 aromatic heterocycles. The largest absolute Gasteiger partial charge is 0.510 e. The summed E-state index contributed by atoms with van der Waals surface area (Å²) in [5, 5.41) is 14.5. The maximum absolute atomic E-state index is 13.4. The third-order valence-corrected chi connectivity index (χ3v) is 9.16. The Hall–Kier alpha value is -2.87. The highest BCUT2D eigenvalue weighted by Gasteiger charge is 2.43. The van der Waals surface area contributed by atoms with E-state index in [1.807, 2.05) is 0 Å². The van der Waals surface area contributed by atoms with E-state index in [0.717, 1.165) is 25.7 Å². The number of halogens is 1. The van der Waals surface area contributed by atoms with Crippen molar-refractivity contribution in [2.75, 3.05) is 72.5 Å². The van der Waals surface area contributed by atoms with Crippen LogP contribution in [0.5, 0.6) is 0 Å². The average molecular weight is 726 g/mol. The lowest BCUT2D eigenvalue weighted by Crippen LogP contribution is -2.26. The molecule has 19 nitrogen and oxygen atoms in total. The monoisotopic (exact) mass is 725 g/mol. The van der Waals surface area contributed by atoms with Crippen molar-refractivity contribution in [2.24, 2.45) is 5.92 Å². The van der Waals surface area contributed by atoms with Gasteiger partial charge in [0.1, 0.15) is 25.7 Å². The number of methoxy groups -OCH3 is 2. The van der Waals surface area contributed by atoms with Gasteiger partial charge in [-0.25, -0.2) is 14.6 Å². The van der Waals surface area contributed by atoms with Crippen LogP contribution in [-0.2, 0) is 51.5 Å². The van der Waals surface area contributed by atoms with Gasteiger partial charge >= 0.3 is 19.9 Å². The molecular weight excluding hydrogens is 685 g/mol. The zero-order chi connectivity index (χ0) is 34.5. The number of carbonyl (C=O) groups excluding carboxylic acids is 2. The van der Waals surface area contributed by atoms with Crippen LogP contribution in [0.3, 0.4) is 0 Å². The molecule has 2 aliphatic rings. The molecule has 2 N–H and O–H groups in total. The number of ether oxygens (including phenoxy) is 8. The predicted octanol–water partition coefficient (Wildman–Crippen LogP) is 3.44. The third-order valence-electron chi connectivity index (χ3n) is 7.49. The molecule has 3 heterocycles. The fourth-order valence-electron chi connectivity index (χ4n) is 4.93. The van der Waals surface area contributed by atoms with Crippen LogP contribution < -0.4 is 5.32 Å². The number of carbonyl (C=O) groups is 2. The molecule has 1 aliphatic heterocycles. The van der Waals surface area contributed by atoms with E-state index < -0.39 is 64.2 Å². The van der Waals surface area contributed by atoms with Crippen molar-refractivity contribution >= 4 is 48.5 Å². The lowest BCUT2D eigenvalue weighted by molar-refractivity contribution is -0.0613. The molecule has 0 aromatic carbocycles. The van der Waals surface area contributed by atoms with Crippen LogP contribution in [0.2, 0.25) is 5.28 Å². The molecule has 0 radical (unpaired) electrons. The number of hydrogen-bond donors (Lipinski definition) is 2. The van der Waals surface area contributed by atoms with Crippen LogP contribution in [0.4, 0.5) is 15.4 Å². The molecular formula is C27H41ClN5O14P. The van der Waals surface area contributed by atoms with Crippen molar-refractivity contribution in [1.82, 2.24) is 19.5 Å². The first-order chi connectivity index (χ1) is 23.1. The van der Waals surface area contributed by atoms with Crippen molar-refractivity contribution in [3.63, 3.8) is 0 Å². The summed E-state index contributed by atoms with van der Waals surface area (Å²) in [6.45, 7) is 0.0366. The number of nitrogens with one attached hydrogen (secondary N) is 1. The van der Waals surface area contributed by atoms with E-state index in [9.17, 15) is 19.3 Å². The minimum Gasteiger partial charge on any atom is -0.432 e. The van der Waals surface area contributed by atoms with Crippen molar-refractivity contribution in [2.45, 2.75) is 57.1 Å². The molecule has 270 valence electrons. The molecule has 0 spiro atoms. The highest BCUT2D eigenvalue weighted by molar-refractivity contribution is 7.53. The second-order valence-corrected chi connectivity index (χ2v) is 13.1. The van der Waals surface area contributed by atoms with Crippen LogP contribution in [0.15, 0.2) is 6.33 Å². The number of aliphatic hydroxyl groups excluding tert-OH is 1. The van der Waals surface area contributed by atoms with Crippen LogP contribution in [0.1, 0.15) is 38.8 Å². The maximum Gasteiger partial charge on any atom is 0.510 e. The molecule has 4 atom stereocenters. The average Bonchev–Trinajstić information content (AvgIpc) is 3.78. The molecule has 48 heavy (non-hydrogen) atoms. The molecule has 1 saturated carbocycles. The first-order valence-corrected chi connectivity index (χ1v) is 17.3. The summed E-state index contributed by atoms with van der Waals surface area (Å²) in [6.07, 6.45) is 0.288. The first kappa shape index (κ1) is 37.9. The van der Waals surface area contributed by atoms with E-state index in [4.69, 9.17) is 58.5 Å². The number of fused-ring (bicyclic) bond motifs is 1. The molecule has 2 fully saturated rings. The number of aromatic nitrogens is 4. The molecule has 0 amide bonds. The van der Waals surface area contributed by atoms with E-state index in [1.54, 1.807) is 11.5 Å². The van der Waals surface area contributed by atoms with Gasteiger partial charge in [-0.1, -0.05) is 19.8 Å². The normalized spacial score (nSPS) is 21.4. The lowest BCUT2D eigenvalue weighted by Gasteiger charge is -2.20. The number of imidazole rings is 1. The van der Waals surface area contributed by atoms with Crippen molar-refractivity contribution in [3.05, 3.63) is 11.6 Å². The summed E-state index contributed by atoms with van der Waals surface area (Å²) in [5.41, 5.74) is 0.861. The molecule has 0 unspecified atom stereocenters. The van der Waals surface area contributed by atoms with Crippen LogP contribution in [-0.4, -0.2) is 122 Å². The Morgan fingerprint density at radius 3 is 2.25 bits per heavy atom. The summed E-state index contributed by atoms with van der Waals surface area (Å²) in [5.74, 6) is 0.0451. The summed E-state index contributed by atoms with van der Waals surface area (Å²) < 4.78 is 65.6. The molecule has 0 bridgehead atoms. The van der Waals surface area contributed by atoms with E-state index in [2.05, 4.69) is 20.3 Å². The Kier molecular flexibility index (Phi) is 14.8. The van der Waals surface area contributed by atoms with Gasteiger partial charge in [0.25, 0.3) is 0 Å². The Labute approximate surface area is 281 Å². The van der Waals surface area contributed by atoms with Gasteiger partial charge in [0, 0.05) is 26.2 Å². The smallest absolute Gasteiger partial charge is 0.432 e. The minimum atomic E-state index is -4.22. The maximum atomic E-state index is 13.4. The summed E-state index contributed by atoms with van der Waals surface area (Å²) in [7, 11) is -1.37. The van der Waals surface area contributed by atoms with Gasteiger partial charge in [-0.15, -0.1) is 0 Å². The number of anilines is 1. The van der Waals surface area contributed by atoms with Crippen LogP contribution >= 0.6 is 19.2 Å². The molecule has 21 heteroatoms. The Balaban J connectivity index is 1.35. The van der Waals surface area contributed by atoms with Crippen molar-refractivity contribution in [3.8, 4) is 0 Å². The van der Waals surface area contributed by atoms with Crippen LogP contribution in [0, 0.1) is 5.92 Å². The first-order valence-electron chi connectivity index (χ1n) is 15.2. The molecule has 1 saturated heterocycles. The van der Waals surface area contributed by atoms with Crippen molar-refractivity contribution < 1.29 is 66.2 Å². The molecule has 2 aromatic rings. The Morgan fingerprint density at radius 2 is 1.65 bits per heavy atom. The second-order valence-electron chi connectivity index (χ2n) is 10.8. The highest BCUT2D eigenvalue weighted by atomic mass is 35.5. The summed E-state index contributed by atoms with van der Waals surface area (Å²) >= 11 is 6.26. The highest BCUT2D eigenvalue weighted by Crippen LogP contribution is 2.48. The number of aliphatic hydroxyl groups is 1. The van der Waals surface area contributed by atoms with Gasteiger partial charge < -0.3 is 48.3 Å². The van der Waals surface area contributed by atoms with Gasteiger partial charge in [-0.2, -0.15) is 9.97 Å². The Bertz CT molecular complexity index is 1350. The zero-order valence-electron chi connectivity index (χ0n) is 26.8. The Morgan fingerprint density at radius 1 is 1.02 bits per heavy atom. The third kappa shape index (κ3) is 10.8. The topological polar surface area (TPSA) is 219 Å². The predicted molar refractivity (Wildman–Crippen MR) is 164 cm³/mol. The van der Waals surface area contributed by atoms with Gasteiger partial charge in [0.15, 0.2) is 23.2 Å². The molecule has 4 rings (SSSR count). The van der Waals surface area contributed by atoms with Crippen LogP contribution in [0.25, 0.3) is 11.2 Å². The summed E-state index contributed by atoms with van der Waals surface area (Å²) in [6, 6.07) is 0.255. The fraction of sp³-hybridized carbons (Fsp3) is 0.741. The fourth-order valence-corrected chi connectivity index (χ4v) is 6.07.